The number of aromatic nitrogens is 1. The third-order valence-electron chi connectivity index (χ3n) is 4.30. The summed E-state index contributed by atoms with van der Waals surface area (Å²) in [6.45, 7) is 8.91. The molecule has 1 N–H and O–H groups in total. The Morgan fingerprint density at radius 3 is 2.17 bits per heavy atom. The van der Waals surface area contributed by atoms with Crippen LogP contribution in [0.25, 0.3) is 10.9 Å². The van der Waals surface area contributed by atoms with Gasteiger partial charge < -0.3 is 4.98 Å². The number of para-hydroxylation sites is 2. The van der Waals surface area contributed by atoms with E-state index in [1.807, 2.05) is 18.5 Å². The predicted molar refractivity (Wildman–Crippen MR) is 100 cm³/mol. The summed E-state index contributed by atoms with van der Waals surface area (Å²) < 4.78 is 0. The van der Waals surface area contributed by atoms with Crippen LogP contribution in [-0.4, -0.2) is 11.2 Å². The maximum Gasteiger partial charge on any atom is 0.0699 e. The molecular formula is C21H24N2. The van der Waals surface area contributed by atoms with Crippen LogP contribution in [-0.2, 0) is 0 Å². The van der Waals surface area contributed by atoms with Gasteiger partial charge in [0, 0.05) is 28.9 Å². The molecule has 2 heteroatoms. The molecule has 0 spiro atoms. The van der Waals surface area contributed by atoms with Gasteiger partial charge in [0.25, 0.3) is 0 Å². The molecule has 0 fully saturated rings. The molecule has 0 unspecified atom stereocenters. The number of hydrogen-bond acceptors (Lipinski definition) is 1. The molecule has 3 rings (SSSR count). The molecule has 0 aliphatic carbocycles. The summed E-state index contributed by atoms with van der Waals surface area (Å²) in [5.41, 5.74) is 6.03. The number of aromatic amines is 1. The molecule has 1 aromatic heterocycles. The van der Waals surface area contributed by atoms with Crippen LogP contribution in [0.5, 0.6) is 0 Å². The van der Waals surface area contributed by atoms with Crippen molar-refractivity contribution in [1.82, 2.24) is 4.98 Å². The van der Waals surface area contributed by atoms with Crippen molar-refractivity contribution in [2.45, 2.75) is 39.5 Å². The summed E-state index contributed by atoms with van der Waals surface area (Å²) in [4.78, 5) is 8.20. The van der Waals surface area contributed by atoms with Crippen molar-refractivity contribution in [2.75, 3.05) is 0 Å². The minimum absolute atomic E-state index is 0.462. The molecule has 0 saturated carbocycles. The van der Waals surface area contributed by atoms with Gasteiger partial charge in [-0.25, -0.2) is 0 Å². The van der Waals surface area contributed by atoms with Crippen molar-refractivity contribution in [2.24, 2.45) is 4.99 Å². The lowest BCUT2D eigenvalue weighted by Crippen LogP contribution is -1.95. The van der Waals surface area contributed by atoms with E-state index in [0.717, 1.165) is 16.8 Å². The lowest BCUT2D eigenvalue weighted by Gasteiger charge is -2.16. The zero-order valence-electron chi connectivity index (χ0n) is 14.3. The molecule has 2 nitrogen and oxygen atoms in total. The van der Waals surface area contributed by atoms with E-state index in [4.69, 9.17) is 4.99 Å². The van der Waals surface area contributed by atoms with Gasteiger partial charge in [0.05, 0.1) is 5.69 Å². The molecule has 3 aromatic rings. The van der Waals surface area contributed by atoms with Gasteiger partial charge in [0.1, 0.15) is 0 Å². The van der Waals surface area contributed by atoms with Gasteiger partial charge >= 0.3 is 0 Å². The molecule has 0 amide bonds. The van der Waals surface area contributed by atoms with Gasteiger partial charge in [0.15, 0.2) is 0 Å². The highest BCUT2D eigenvalue weighted by molar-refractivity contribution is 5.99. The average Bonchev–Trinajstić information content (AvgIpc) is 2.95. The molecule has 2 aromatic carbocycles. The summed E-state index contributed by atoms with van der Waals surface area (Å²) in [5, 5.41) is 1.21. The van der Waals surface area contributed by atoms with Crippen molar-refractivity contribution in [3.8, 4) is 0 Å². The Kier molecular flexibility index (Phi) is 4.33. The van der Waals surface area contributed by atoms with E-state index in [2.05, 4.69) is 69.1 Å². The van der Waals surface area contributed by atoms with E-state index in [1.165, 1.54) is 16.5 Å². The molecule has 0 atom stereocenters. The summed E-state index contributed by atoms with van der Waals surface area (Å²) in [6.07, 6.45) is 4.02. The van der Waals surface area contributed by atoms with E-state index in [-0.39, 0.29) is 0 Å². The van der Waals surface area contributed by atoms with E-state index >= 15 is 0 Å². The molecule has 0 bridgehead atoms. The van der Waals surface area contributed by atoms with Crippen molar-refractivity contribution in [3.05, 3.63) is 65.4 Å². The molecule has 118 valence electrons. The number of benzene rings is 2. The highest BCUT2D eigenvalue weighted by Crippen LogP contribution is 2.34. The summed E-state index contributed by atoms with van der Waals surface area (Å²) in [6, 6.07) is 14.9. The fraction of sp³-hybridized carbons (Fsp3) is 0.286. The Hall–Kier alpha value is -2.35. The number of rotatable bonds is 4. The standard InChI is InChI=1S/C21H24N2/c1-14(2)17-9-7-10-18(15(3)4)21(17)23-13-16-12-22-20-11-6-5-8-19(16)20/h5-15,22H,1-4H3. The van der Waals surface area contributed by atoms with Crippen molar-refractivity contribution >= 4 is 22.8 Å². The van der Waals surface area contributed by atoms with Crippen LogP contribution in [0.4, 0.5) is 5.69 Å². The normalized spacial score (nSPS) is 12.1. The van der Waals surface area contributed by atoms with Crippen LogP contribution >= 0.6 is 0 Å². The number of H-pyrrole nitrogens is 1. The SMILES string of the molecule is CC(C)c1cccc(C(C)C)c1N=Cc1c[nH]c2ccccc12. The first-order valence-electron chi connectivity index (χ1n) is 8.31. The highest BCUT2D eigenvalue weighted by Gasteiger charge is 2.12. The van der Waals surface area contributed by atoms with Crippen LogP contribution in [0.2, 0.25) is 0 Å². The average molecular weight is 304 g/mol. The van der Waals surface area contributed by atoms with E-state index in [0.29, 0.717) is 11.8 Å². The zero-order chi connectivity index (χ0) is 16.4. The van der Waals surface area contributed by atoms with E-state index < -0.39 is 0 Å². The quantitative estimate of drug-likeness (QED) is 0.559. The topological polar surface area (TPSA) is 28.1 Å². The Morgan fingerprint density at radius 2 is 1.52 bits per heavy atom. The highest BCUT2D eigenvalue weighted by atomic mass is 14.7. The van der Waals surface area contributed by atoms with Crippen LogP contribution < -0.4 is 0 Å². The number of nitrogens with zero attached hydrogens (tertiary/aromatic N) is 1. The first-order chi connectivity index (χ1) is 11.1. The lowest BCUT2D eigenvalue weighted by molar-refractivity contribution is 0.835. The first kappa shape index (κ1) is 15.5. The minimum atomic E-state index is 0.462. The van der Waals surface area contributed by atoms with Crippen LogP contribution in [0, 0.1) is 0 Å². The van der Waals surface area contributed by atoms with Crippen LogP contribution in [0.3, 0.4) is 0 Å². The number of fused-ring (bicyclic) bond motifs is 1. The molecule has 0 radical (unpaired) electrons. The number of aliphatic imine (C=N–C) groups is 1. The van der Waals surface area contributed by atoms with Crippen molar-refractivity contribution < 1.29 is 0 Å². The van der Waals surface area contributed by atoms with Crippen molar-refractivity contribution in [3.63, 3.8) is 0 Å². The van der Waals surface area contributed by atoms with E-state index in [1.54, 1.807) is 0 Å². The van der Waals surface area contributed by atoms with Gasteiger partial charge in [-0.3, -0.25) is 4.99 Å². The number of hydrogen-bond donors (Lipinski definition) is 1. The predicted octanol–water partition coefficient (Wildman–Crippen LogP) is 6.17. The Balaban J connectivity index is 2.08. The Labute approximate surface area is 138 Å². The summed E-state index contributed by atoms with van der Waals surface area (Å²) in [5.74, 6) is 0.924. The molecule has 0 aliphatic heterocycles. The van der Waals surface area contributed by atoms with Crippen LogP contribution in [0.15, 0.2) is 53.7 Å². The number of nitrogens with one attached hydrogen (secondary N) is 1. The molecule has 23 heavy (non-hydrogen) atoms. The monoisotopic (exact) mass is 304 g/mol. The second-order valence-corrected chi connectivity index (χ2v) is 6.64. The third-order valence-corrected chi connectivity index (χ3v) is 4.30. The smallest absolute Gasteiger partial charge is 0.0699 e. The molecule has 0 saturated heterocycles. The lowest BCUT2D eigenvalue weighted by atomic mass is 9.93. The van der Waals surface area contributed by atoms with Gasteiger partial charge in [-0.15, -0.1) is 0 Å². The largest absolute Gasteiger partial charge is 0.361 e. The summed E-state index contributed by atoms with van der Waals surface area (Å²) >= 11 is 0. The maximum absolute atomic E-state index is 4.90. The maximum atomic E-state index is 4.90. The van der Waals surface area contributed by atoms with Gasteiger partial charge in [-0.1, -0.05) is 64.1 Å². The van der Waals surface area contributed by atoms with E-state index in [9.17, 15) is 0 Å². The zero-order valence-corrected chi connectivity index (χ0v) is 14.3. The van der Waals surface area contributed by atoms with Crippen LogP contribution in [0.1, 0.15) is 56.2 Å². The minimum Gasteiger partial charge on any atom is -0.361 e. The molecule has 1 heterocycles. The van der Waals surface area contributed by atoms with Crippen molar-refractivity contribution in [1.29, 1.82) is 0 Å². The molecular weight excluding hydrogens is 280 g/mol. The second-order valence-electron chi connectivity index (χ2n) is 6.64. The summed E-state index contributed by atoms with van der Waals surface area (Å²) in [7, 11) is 0. The fourth-order valence-electron chi connectivity index (χ4n) is 3.00. The Bertz CT molecular complexity index is 812. The fourth-order valence-corrected chi connectivity index (χ4v) is 3.00. The molecule has 0 aliphatic rings. The third kappa shape index (κ3) is 3.07. The second kappa shape index (κ2) is 6.41. The van der Waals surface area contributed by atoms with Gasteiger partial charge in [0.2, 0.25) is 0 Å². The Morgan fingerprint density at radius 1 is 0.870 bits per heavy atom. The van der Waals surface area contributed by atoms with Gasteiger partial charge in [-0.2, -0.15) is 0 Å². The van der Waals surface area contributed by atoms with Gasteiger partial charge in [-0.05, 0) is 29.0 Å². The first-order valence-corrected chi connectivity index (χ1v) is 8.31.